The van der Waals surface area contributed by atoms with E-state index < -0.39 is 0 Å². The van der Waals surface area contributed by atoms with Gasteiger partial charge in [0.1, 0.15) is 5.78 Å². The second kappa shape index (κ2) is 13.8. The minimum Gasteiger partial charge on any atom is -0.441 e. The van der Waals surface area contributed by atoms with E-state index in [1.807, 2.05) is 29.7 Å². The number of oxazole rings is 1. The Morgan fingerprint density at radius 2 is 1.76 bits per heavy atom. The Balaban J connectivity index is 1.07. The lowest BCUT2D eigenvalue weighted by molar-refractivity contribution is -0.120. The van der Waals surface area contributed by atoms with Crippen LogP contribution in [0.25, 0.3) is 22.2 Å². The molecule has 1 aromatic carbocycles. The molecule has 1 spiro atoms. The zero-order valence-corrected chi connectivity index (χ0v) is 25.1. The average Bonchev–Trinajstić information content (AvgIpc) is 3.49. The van der Waals surface area contributed by atoms with Crippen LogP contribution in [0, 0.1) is 11.3 Å². The molecule has 2 fully saturated rings. The minimum atomic E-state index is -0.119. The molecule has 1 unspecified atom stereocenters. The van der Waals surface area contributed by atoms with E-state index >= 15 is 0 Å². The molecule has 0 radical (unpaired) electrons. The van der Waals surface area contributed by atoms with E-state index in [4.69, 9.17) is 10.2 Å². The topological polar surface area (TPSA) is 111 Å². The van der Waals surface area contributed by atoms with Gasteiger partial charge < -0.3 is 19.6 Å². The number of Topliss-reactive ketones (excluding diaryl/α,β-unsaturated/α-hetero) is 1. The highest BCUT2D eigenvalue weighted by atomic mass is 16.4. The van der Waals surface area contributed by atoms with Crippen molar-refractivity contribution in [2.45, 2.75) is 96.9 Å². The number of hydrogen-bond donors (Lipinski definition) is 1. The van der Waals surface area contributed by atoms with Crippen LogP contribution >= 0.6 is 0 Å². The number of likely N-dealkylation sites (tertiary alicyclic amines) is 1. The summed E-state index contributed by atoms with van der Waals surface area (Å²) in [6.45, 7) is 5.82. The lowest BCUT2D eigenvalue weighted by atomic mass is 9.90. The van der Waals surface area contributed by atoms with Crippen LogP contribution in [-0.2, 0) is 22.6 Å². The molecular formula is C34H46N4O4. The van der Waals surface area contributed by atoms with Gasteiger partial charge in [-0.05, 0) is 99.6 Å². The SMILES string of the molecule is CCC(=O)CCCCCCc1ncc(-c2ccc3c(ccc(=O)n3CCCCCN3CCC4(CC3)CC4C(N)=O)c2)o1. The van der Waals surface area contributed by atoms with Gasteiger partial charge in [0, 0.05) is 43.4 Å². The summed E-state index contributed by atoms with van der Waals surface area (Å²) in [7, 11) is 0. The fourth-order valence-electron chi connectivity index (χ4n) is 6.68. The number of carbonyl (C=O) groups is 2. The number of ketones is 1. The first-order chi connectivity index (χ1) is 20.4. The fraction of sp³-hybridized carbons (Fsp3) is 0.588. The number of aromatic nitrogens is 2. The molecular weight excluding hydrogens is 528 g/mol. The number of fused-ring (bicyclic) bond motifs is 1. The van der Waals surface area contributed by atoms with Crippen LogP contribution in [0.1, 0.15) is 89.9 Å². The van der Waals surface area contributed by atoms with Crippen LogP contribution in [0.4, 0.5) is 0 Å². The van der Waals surface area contributed by atoms with Gasteiger partial charge in [0.25, 0.3) is 5.56 Å². The van der Waals surface area contributed by atoms with Crippen molar-refractivity contribution in [3.05, 3.63) is 52.8 Å². The van der Waals surface area contributed by atoms with Gasteiger partial charge in [-0.25, -0.2) is 4.98 Å². The van der Waals surface area contributed by atoms with Gasteiger partial charge in [0.2, 0.25) is 5.91 Å². The molecule has 1 saturated heterocycles. The van der Waals surface area contributed by atoms with Crippen molar-refractivity contribution in [1.82, 2.24) is 14.5 Å². The van der Waals surface area contributed by atoms with Crippen LogP contribution in [0.2, 0.25) is 0 Å². The van der Waals surface area contributed by atoms with Crippen molar-refractivity contribution in [2.24, 2.45) is 17.1 Å². The Morgan fingerprint density at radius 1 is 1.00 bits per heavy atom. The van der Waals surface area contributed by atoms with Gasteiger partial charge in [-0.15, -0.1) is 0 Å². The molecule has 1 amide bonds. The van der Waals surface area contributed by atoms with Crippen LogP contribution in [0.5, 0.6) is 0 Å². The fourth-order valence-corrected chi connectivity index (χ4v) is 6.68. The number of amides is 1. The van der Waals surface area contributed by atoms with E-state index in [2.05, 4.69) is 16.0 Å². The second-order valence-corrected chi connectivity index (χ2v) is 12.4. The first-order valence-electron chi connectivity index (χ1n) is 16.0. The number of aryl methyl sites for hydroxylation is 2. The van der Waals surface area contributed by atoms with E-state index in [1.165, 1.54) is 0 Å². The monoisotopic (exact) mass is 574 g/mol. The van der Waals surface area contributed by atoms with Crippen molar-refractivity contribution in [1.29, 1.82) is 0 Å². The number of pyridine rings is 1. The summed E-state index contributed by atoms with van der Waals surface area (Å²) in [6, 6.07) is 9.66. The molecule has 8 heteroatoms. The van der Waals surface area contributed by atoms with Crippen molar-refractivity contribution in [3.63, 3.8) is 0 Å². The predicted octanol–water partition coefficient (Wildman–Crippen LogP) is 5.89. The summed E-state index contributed by atoms with van der Waals surface area (Å²) in [5.74, 6) is 1.82. The zero-order chi connectivity index (χ0) is 29.5. The number of carbonyl (C=O) groups excluding carboxylic acids is 2. The molecule has 5 rings (SSSR count). The minimum absolute atomic E-state index is 0.0334. The van der Waals surface area contributed by atoms with E-state index in [1.54, 1.807) is 12.3 Å². The maximum Gasteiger partial charge on any atom is 0.251 e. The van der Waals surface area contributed by atoms with E-state index in [0.717, 1.165) is 118 Å². The molecule has 2 aromatic heterocycles. The van der Waals surface area contributed by atoms with E-state index in [-0.39, 0.29) is 22.8 Å². The first kappa shape index (κ1) is 30.2. The van der Waals surface area contributed by atoms with Crippen molar-refractivity contribution in [3.8, 4) is 11.3 Å². The highest BCUT2D eigenvalue weighted by Crippen LogP contribution is 2.59. The van der Waals surface area contributed by atoms with Crippen molar-refractivity contribution >= 4 is 22.6 Å². The predicted molar refractivity (Wildman–Crippen MR) is 165 cm³/mol. The summed E-state index contributed by atoms with van der Waals surface area (Å²) >= 11 is 0. The Morgan fingerprint density at radius 3 is 2.52 bits per heavy atom. The molecule has 1 aliphatic carbocycles. The molecule has 1 aliphatic heterocycles. The molecule has 2 N–H and O–H groups in total. The Kier molecular flexibility index (Phi) is 9.93. The van der Waals surface area contributed by atoms with Gasteiger partial charge in [-0.2, -0.15) is 0 Å². The third kappa shape index (κ3) is 7.38. The lowest BCUT2D eigenvalue weighted by Gasteiger charge is -2.32. The third-order valence-corrected chi connectivity index (χ3v) is 9.56. The van der Waals surface area contributed by atoms with Crippen molar-refractivity contribution < 1.29 is 14.0 Å². The maximum absolute atomic E-state index is 12.7. The Bertz CT molecular complexity index is 1430. The summed E-state index contributed by atoms with van der Waals surface area (Å²) in [5, 5.41) is 1.02. The Labute approximate surface area is 248 Å². The molecule has 3 heterocycles. The highest BCUT2D eigenvalue weighted by Gasteiger charge is 2.57. The van der Waals surface area contributed by atoms with E-state index in [9.17, 15) is 14.4 Å². The second-order valence-electron chi connectivity index (χ2n) is 12.4. The van der Waals surface area contributed by atoms with E-state index in [0.29, 0.717) is 25.2 Å². The quantitative estimate of drug-likeness (QED) is 0.214. The average molecular weight is 575 g/mol. The van der Waals surface area contributed by atoms with Gasteiger partial charge >= 0.3 is 0 Å². The number of nitrogens with two attached hydrogens (primary N) is 1. The zero-order valence-electron chi connectivity index (χ0n) is 25.1. The van der Waals surface area contributed by atoms with Crippen molar-refractivity contribution in [2.75, 3.05) is 19.6 Å². The summed E-state index contributed by atoms with van der Waals surface area (Å²) in [6.07, 6.45) is 14.3. The number of hydrogen-bond acceptors (Lipinski definition) is 6. The smallest absolute Gasteiger partial charge is 0.251 e. The van der Waals surface area contributed by atoms with Gasteiger partial charge in [0.15, 0.2) is 11.7 Å². The molecule has 1 saturated carbocycles. The summed E-state index contributed by atoms with van der Waals surface area (Å²) in [4.78, 5) is 42.7. The van der Waals surface area contributed by atoms with Crippen LogP contribution in [-0.4, -0.2) is 45.8 Å². The standard InChI is InChI=1S/C34H46N4O4/c1-2-27(39)10-6-3-4-7-11-31-36-24-30(42-31)26-12-14-29-25(22-26)13-15-32(40)38(29)19-9-5-8-18-37-20-16-34(17-21-37)23-28(34)33(35)41/h12-15,22,24,28H,2-11,16-21,23H2,1H3,(H2,35,41). The maximum atomic E-state index is 12.7. The highest BCUT2D eigenvalue weighted by molar-refractivity contribution is 5.84. The number of benzene rings is 1. The Hall–Kier alpha value is -3.26. The number of unbranched alkanes of at least 4 members (excludes halogenated alkanes) is 5. The lowest BCUT2D eigenvalue weighted by Crippen LogP contribution is -2.36. The number of piperidine rings is 1. The first-order valence-corrected chi connectivity index (χ1v) is 16.0. The molecule has 0 bridgehead atoms. The molecule has 42 heavy (non-hydrogen) atoms. The van der Waals surface area contributed by atoms with Gasteiger partial charge in [0.05, 0.1) is 11.7 Å². The number of nitrogens with zero attached hydrogens (tertiary/aromatic N) is 3. The summed E-state index contributed by atoms with van der Waals surface area (Å²) in [5.41, 5.74) is 7.68. The molecule has 2 aliphatic rings. The molecule has 226 valence electrons. The number of rotatable bonds is 16. The van der Waals surface area contributed by atoms with Crippen LogP contribution in [0.15, 0.2) is 45.7 Å². The summed E-state index contributed by atoms with van der Waals surface area (Å²) < 4.78 is 7.94. The number of primary amides is 1. The van der Waals surface area contributed by atoms with Crippen LogP contribution in [0.3, 0.4) is 0 Å². The van der Waals surface area contributed by atoms with Crippen LogP contribution < -0.4 is 11.3 Å². The van der Waals surface area contributed by atoms with Gasteiger partial charge in [-0.1, -0.05) is 26.2 Å². The third-order valence-electron chi connectivity index (χ3n) is 9.56. The molecule has 8 nitrogen and oxygen atoms in total. The molecule has 3 aromatic rings. The van der Waals surface area contributed by atoms with Gasteiger partial charge in [-0.3, -0.25) is 14.4 Å². The normalized spacial score (nSPS) is 18.1. The largest absolute Gasteiger partial charge is 0.441 e. The molecule has 1 atom stereocenters.